The number of aryl methyl sites for hydroxylation is 4. The highest BCUT2D eigenvalue weighted by molar-refractivity contribution is 5.94. The summed E-state index contributed by atoms with van der Waals surface area (Å²) in [6, 6.07) is 64.7. The normalized spacial score (nSPS) is 11.3. The lowest BCUT2D eigenvalue weighted by Gasteiger charge is -2.25. The van der Waals surface area contributed by atoms with Crippen molar-refractivity contribution < 1.29 is 0 Å². The van der Waals surface area contributed by atoms with E-state index in [0.717, 1.165) is 67.2 Å². The molecule has 0 spiro atoms. The van der Waals surface area contributed by atoms with Crippen LogP contribution in [-0.2, 0) is 0 Å². The molecule has 0 radical (unpaired) electrons. The molecule has 8 aromatic carbocycles. The number of rotatable bonds is 10. The zero-order valence-electron chi connectivity index (χ0n) is 33.4. The lowest BCUT2D eigenvalue weighted by atomic mass is 9.97. The summed E-state index contributed by atoms with van der Waals surface area (Å²) in [4.78, 5) is 4.56. The second-order valence-electron chi connectivity index (χ2n) is 15.0. The summed E-state index contributed by atoms with van der Waals surface area (Å²) in [7, 11) is 0. The zero-order chi connectivity index (χ0) is 40.0. The summed E-state index contributed by atoms with van der Waals surface area (Å²) < 4.78 is 0. The minimum atomic E-state index is 0.674. The minimum absolute atomic E-state index is 0.674. The average Bonchev–Trinajstić information content (AvgIpc) is 3.25. The first kappa shape index (κ1) is 37.5. The van der Waals surface area contributed by atoms with Gasteiger partial charge < -0.3 is 9.80 Å². The van der Waals surface area contributed by atoms with Gasteiger partial charge in [-0.15, -0.1) is 0 Å². The zero-order valence-corrected chi connectivity index (χ0v) is 33.4. The van der Waals surface area contributed by atoms with E-state index in [1.165, 1.54) is 22.3 Å². The first-order chi connectivity index (χ1) is 28.3. The monoisotopic (exact) mass is 747 g/mol. The van der Waals surface area contributed by atoms with E-state index in [-0.39, 0.29) is 0 Å². The molecule has 0 fully saturated rings. The fraction of sp³-hybridized carbons (Fsp3) is 0.0727. The van der Waals surface area contributed by atoms with Crippen LogP contribution in [-0.4, -0.2) is 0 Å². The van der Waals surface area contributed by atoms with E-state index in [9.17, 15) is 5.26 Å². The first-order valence-corrected chi connectivity index (χ1v) is 19.7. The van der Waals surface area contributed by atoms with Crippen LogP contribution < -0.4 is 9.80 Å². The molecule has 0 amide bonds. The third-order valence-corrected chi connectivity index (χ3v) is 10.6. The smallest absolute Gasteiger partial charge is 0.100 e. The van der Waals surface area contributed by atoms with Gasteiger partial charge in [-0.25, -0.2) is 0 Å². The Balaban J connectivity index is 0.994. The molecule has 280 valence electrons. The number of anilines is 6. The van der Waals surface area contributed by atoms with Crippen LogP contribution in [0.5, 0.6) is 0 Å². The van der Waals surface area contributed by atoms with Crippen molar-refractivity contribution in [2.75, 3.05) is 9.80 Å². The Kier molecular flexibility index (Phi) is 10.8. The van der Waals surface area contributed by atoms with Gasteiger partial charge in [0.25, 0.3) is 0 Å². The Bertz CT molecular complexity index is 2680. The highest BCUT2D eigenvalue weighted by Gasteiger charge is 2.14. The molecule has 8 aromatic rings. The molecule has 3 nitrogen and oxygen atoms in total. The lowest BCUT2D eigenvalue weighted by molar-refractivity contribution is 1.27. The summed E-state index contributed by atoms with van der Waals surface area (Å²) in [5, 5.41) is 12.3. The molecule has 0 saturated heterocycles. The fourth-order valence-electron chi connectivity index (χ4n) is 7.25. The molecular weight excluding hydrogens is 703 g/mol. The van der Waals surface area contributed by atoms with E-state index in [1.54, 1.807) is 0 Å². The first-order valence-electron chi connectivity index (χ1n) is 19.7. The molecule has 0 aliphatic heterocycles. The fourth-order valence-corrected chi connectivity index (χ4v) is 7.25. The topological polar surface area (TPSA) is 30.3 Å². The molecule has 0 bridgehead atoms. The van der Waals surface area contributed by atoms with E-state index in [4.69, 9.17) is 0 Å². The van der Waals surface area contributed by atoms with Gasteiger partial charge >= 0.3 is 0 Å². The Morgan fingerprint density at radius 2 is 0.690 bits per heavy atom. The molecule has 0 N–H and O–H groups in total. The molecule has 0 aliphatic carbocycles. The summed E-state index contributed by atoms with van der Waals surface area (Å²) >= 11 is 0. The van der Waals surface area contributed by atoms with Crippen LogP contribution in [0.15, 0.2) is 176 Å². The van der Waals surface area contributed by atoms with Gasteiger partial charge in [0.15, 0.2) is 0 Å². The van der Waals surface area contributed by atoms with Gasteiger partial charge in [-0.2, -0.15) is 5.26 Å². The molecule has 8 rings (SSSR count). The SMILES string of the molecule is Cc1ccc(N(c2ccc(C)cc2)c2ccc(C=Cc3ccc4c(C#N)c(C=Cc5ccc(N(c6ccc(C)cc6)c6ccc(C)cc6)cc5)ccc4c3)cc2)cc1. The van der Waals surface area contributed by atoms with Crippen molar-refractivity contribution in [1.82, 2.24) is 0 Å². The average molecular weight is 748 g/mol. The van der Waals surface area contributed by atoms with E-state index >= 15 is 0 Å². The maximum Gasteiger partial charge on any atom is 0.100 e. The van der Waals surface area contributed by atoms with Crippen molar-refractivity contribution in [1.29, 1.82) is 5.26 Å². The molecule has 0 heterocycles. The van der Waals surface area contributed by atoms with Crippen LogP contribution in [0.1, 0.15) is 50.1 Å². The molecule has 58 heavy (non-hydrogen) atoms. The predicted molar refractivity (Wildman–Crippen MR) is 248 cm³/mol. The predicted octanol–water partition coefficient (Wildman–Crippen LogP) is 15.2. The van der Waals surface area contributed by atoms with Crippen LogP contribution in [0.3, 0.4) is 0 Å². The maximum absolute atomic E-state index is 10.3. The van der Waals surface area contributed by atoms with Crippen LogP contribution >= 0.6 is 0 Å². The van der Waals surface area contributed by atoms with Crippen LogP contribution in [0.25, 0.3) is 35.1 Å². The molecule has 0 aliphatic rings. The number of benzene rings is 8. The second-order valence-corrected chi connectivity index (χ2v) is 15.0. The lowest BCUT2D eigenvalue weighted by Crippen LogP contribution is -2.09. The molecular formula is C55H45N3. The molecule has 0 atom stereocenters. The Morgan fingerprint density at radius 1 is 0.362 bits per heavy atom. The van der Waals surface area contributed by atoms with Crippen molar-refractivity contribution in [3.8, 4) is 6.07 Å². The highest BCUT2D eigenvalue weighted by atomic mass is 15.1. The van der Waals surface area contributed by atoms with Crippen LogP contribution in [0.2, 0.25) is 0 Å². The van der Waals surface area contributed by atoms with E-state index in [2.05, 4.69) is 232 Å². The number of hydrogen-bond acceptors (Lipinski definition) is 3. The summed E-state index contributed by atoms with van der Waals surface area (Å²) in [5.41, 5.74) is 16.4. The van der Waals surface area contributed by atoms with E-state index in [0.29, 0.717) is 5.56 Å². The Hall–Kier alpha value is -7.41. The standard InChI is InChI=1S/C55H45N3/c1-39-5-24-48(25-6-39)57(49-26-7-40(2)8-27-49)52-32-16-43(17-33-52)13-14-45-20-36-54-47(37-45)23-22-46(55(54)38-56)21-15-44-18-34-53(35-19-44)58(50-28-9-41(3)10-29-50)51-30-11-42(4)12-31-51/h5-37H,1-4H3. The third kappa shape index (κ3) is 8.38. The van der Waals surface area contributed by atoms with Crippen LogP contribution in [0, 0.1) is 39.0 Å². The van der Waals surface area contributed by atoms with Gasteiger partial charge in [0.1, 0.15) is 6.07 Å². The number of hydrogen-bond donors (Lipinski definition) is 0. The third-order valence-electron chi connectivity index (χ3n) is 10.6. The van der Waals surface area contributed by atoms with Gasteiger partial charge in [0.2, 0.25) is 0 Å². The largest absolute Gasteiger partial charge is 0.311 e. The summed E-state index contributed by atoms with van der Waals surface area (Å²) in [6.07, 6.45) is 8.40. The second kappa shape index (κ2) is 16.8. The highest BCUT2D eigenvalue weighted by Crippen LogP contribution is 2.37. The number of fused-ring (bicyclic) bond motifs is 1. The van der Waals surface area contributed by atoms with Crippen LogP contribution in [0.4, 0.5) is 34.1 Å². The van der Waals surface area contributed by atoms with E-state index < -0.39 is 0 Å². The number of nitriles is 1. The van der Waals surface area contributed by atoms with Gasteiger partial charge in [-0.05, 0) is 134 Å². The van der Waals surface area contributed by atoms with E-state index in [1.807, 2.05) is 12.1 Å². The Morgan fingerprint density at radius 3 is 1.07 bits per heavy atom. The van der Waals surface area contributed by atoms with Gasteiger partial charge in [-0.1, -0.05) is 144 Å². The van der Waals surface area contributed by atoms with Crippen molar-refractivity contribution >= 4 is 69.2 Å². The maximum atomic E-state index is 10.3. The van der Waals surface area contributed by atoms with Gasteiger partial charge in [-0.3, -0.25) is 0 Å². The Labute approximate surface area is 342 Å². The quantitative estimate of drug-likeness (QED) is 0.131. The number of nitrogens with zero attached hydrogens (tertiary/aromatic N) is 3. The summed E-state index contributed by atoms with van der Waals surface area (Å²) in [6.45, 7) is 8.45. The van der Waals surface area contributed by atoms with Crippen molar-refractivity contribution in [3.63, 3.8) is 0 Å². The van der Waals surface area contributed by atoms with Crippen molar-refractivity contribution in [3.05, 3.63) is 226 Å². The minimum Gasteiger partial charge on any atom is -0.311 e. The molecule has 0 aromatic heterocycles. The molecule has 0 saturated carbocycles. The van der Waals surface area contributed by atoms with Crippen molar-refractivity contribution in [2.45, 2.75) is 27.7 Å². The molecule has 0 unspecified atom stereocenters. The van der Waals surface area contributed by atoms with Gasteiger partial charge in [0.05, 0.1) is 5.56 Å². The molecule has 3 heteroatoms. The van der Waals surface area contributed by atoms with Crippen molar-refractivity contribution in [2.24, 2.45) is 0 Å². The summed E-state index contributed by atoms with van der Waals surface area (Å²) in [5.74, 6) is 0. The van der Waals surface area contributed by atoms with Gasteiger partial charge in [0, 0.05) is 39.5 Å².